The molecule has 0 bridgehead atoms. The molecule has 1 saturated heterocycles. The number of benzene rings is 1. The van der Waals surface area contributed by atoms with Crippen molar-refractivity contribution in [1.29, 1.82) is 0 Å². The van der Waals surface area contributed by atoms with Crippen LogP contribution in [0.3, 0.4) is 0 Å². The van der Waals surface area contributed by atoms with Crippen molar-refractivity contribution in [2.75, 3.05) is 4.90 Å². The summed E-state index contributed by atoms with van der Waals surface area (Å²) in [7, 11) is 0. The van der Waals surface area contributed by atoms with E-state index in [0.29, 0.717) is 5.69 Å². The van der Waals surface area contributed by atoms with Crippen LogP contribution in [-0.2, 0) is 9.59 Å². The molecule has 1 aliphatic carbocycles. The second kappa shape index (κ2) is 3.84. The molecule has 3 heteroatoms. The van der Waals surface area contributed by atoms with Crippen LogP contribution >= 0.6 is 0 Å². The fourth-order valence-corrected chi connectivity index (χ4v) is 2.62. The molecule has 2 aliphatic rings. The van der Waals surface area contributed by atoms with Crippen LogP contribution in [0.25, 0.3) is 0 Å². The number of hydrogen-bond donors (Lipinski definition) is 0. The Kier molecular flexibility index (Phi) is 2.32. The van der Waals surface area contributed by atoms with Gasteiger partial charge in [0.15, 0.2) is 0 Å². The molecule has 1 aliphatic heterocycles. The van der Waals surface area contributed by atoms with Gasteiger partial charge in [0.25, 0.3) is 0 Å². The van der Waals surface area contributed by atoms with Gasteiger partial charge in [0.1, 0.15) is 0 Å². The van der Waals surface area contributed by atoms with Gasteiger partial charge >= 0.3 is 0 Å². The highest BCUT2D eigenvalue weighted by Crippen LogP contribution is 2.36. The van der Waals surface area contributed by atoms with Gasteiger partial charge in [-0.3, -0.25) is 9.59 Å². The maximum Gasteiger partial charge on any atom is 0.241 e. The van der Waals surface area contributed by atoms with Crippen LogP contribution in [-0.4, -0.2) is 11.8 Å². The zero-order valence-corrected chi connectivity index (χ0v) is 9.37. The number of carbonyl (C=O) groups excluding carboxylic acids is 2. The van der Waals surface area contributed by atoms with Crippen molar-refractivity contribution in [2.24, 2.45) is 11.8 Å². The number of imide groups is 1. The van der Waals surface area contributed by atoms with E-state index in [1.165, 1.54) is 4.90 Å². The second-order valence-corrected chi connectivity index (χ2v) is 4.49. The van der Waals surface area contributed by atoms with Gasteiger partial charge in [-0.1, -0.05) is 30.4 Å². The van der Waals surface area contributed by atoms with Crippen LogP contribution in [0.1, 0.15) is 12.8 Å². The Hall–Kier alpha value is -1.90. The molecule has 1 aromatic carbocycles. The zero-order chi connectivity index (χ0) is 11.8. The molecule has 0 saturated carbocycles. The molecule has 1 heterocycles. The van der Waals surface area contributed by atoms with Crippen molar-refractivity contribution in [3.8, 4) is 0 Å². The Morgan fingerprint density at radius 2 is 1.82 bits per heavy atom. The molecule has 3 rings (SSSR count). The van der Waals surface area contributed by atoms with Crippen molar-refractivity contribution >= 4 is 17.5 Å². The smallest absolute Gasteiger partial charge is 0.241 e. The molecule has 86 valence electrons. The molecule has 2 unspecified atom stereocenters. The number of allylic oxidation sites excluding steroid dienone is 1. The standard InChI is InChI=1S/C14H13NO2/c16-13-11-8-4-5-9-12(11)14(17)15(13)10-6-2-1-3-7-10/h1-4,6-8,11-12H,5,9H2. The number of nitrogens with zero attached hydrogens (tertiary/aromatic N) is 1. The Morgan fingerprint density at radius 3 is 2.53 bits per heavy atom. The maximum absolute atomic E-state index is 12.2. The summed E-state index contributed by atoms with van der Waals surface area (Å²) in [6.07, 6.45) is 5.57. The first kappa shape index (κ1) is 10.3. The minimum atomic E-state index is -0.239. The van der Waals surface area contributed by atoms with Crippen LogP contribution in [0, 0.1) is 11.8 Å². The summed E-state index contributed by atoms with van der Waals surface area (Å²) >= 11 is 0. The largest absolute Gasteiger partial charge is 0.274 e. The average Bonchev–Trinajstić information content (AvgIpc) is 2.64. The highest BCUT2D eigenvalue weighted by atomic mass is 16.2. The molecule has 2 amide bonds. The molecule has 1 aromatic rings. The summed E-state index contributed by atoms with van der Waals surface area (Å²) in [5, 5.41) is 0. The monoisotopic (exact) mass is 227 g/mol. The van der Waals surface area contributed by atoms with Gasteiger partial charge in [-0.15, -0.1) is 0 Å². The molecule has 0 aromatic heterocycles. The van der Waals surface area contributed by atoms with E-state index in [1.54, 1.807) is 12.1 Å². The molecular weight excluding hydrogens is 214 g/mol. The summed E-state index contributed by atoms with van der Waals surface area (Å²) in [5.41, 5.74) is 0.685. The first-order chi connectivity index (χ1) is 8.29. The highest BCUT2D eigenvalue weighted by Gasteiger charge is 2.47. The van der Waals surface area contributed by atoms with E-state index in [9.17, 15) is 9.59 Å². The SMILES string of the molecule is O=C1C2C=CCCC2C(=O)N1c1ccccc1. The van der Waals surface area contributed by atoms with Crippen LogP contribution in [0.4, 0.5) is 5.69 Å². The summed E-state index contributed by atoms with van der Waals surface area (Å²) < 4.78 is 0. The Balaban J connectivity index is 2.00. The van der Waals surface area contributed by atoms with Crippen molar-refractivity contribution < 1.29 is 9.59 Å². The third-order valence-electron chi connectivity index (χ3n) is 3.48. The van der Waals surface area contributed by atoms with E-state index in [1.807, 2.05) is 30.4 Å². The molecule has 17 heavy (non-hydrogen) atoms. The van der Waals surface area contributed by atoms with Crippen LogP contribution in [0.5, 0.6) is 0 Å². The Labute approximate surface area is 99.7 Å². The summed E-state index contributed by atoms with van der Waals surface area (Å²) in [5.74, 6) is -0.512. The third-order valence-corrected chi connectivity index (χ3v) is 3.48. The molecule has 3 nitrogen and oxygen atoms in total. The normalized spacial score (nSPS) is 27.4. The first-order valence-electron chi connectivity index (χ1n) is 5.88. The maximum atomic E-state index is 12.2. The lowest BCUT2D eigenvalue weighted by Crippen LogP contribution is -2.30. The topological polar surface area (TPSA) is 37.4 Å². The van der Waals surface area contributed by atoms with Gasteiger partial charge in [0.05, 0.1) is 17.5 Å². The first-order valence-corrected chi connectivity index (χ1v) is 5.88. The van der Waals surface area contributed by atoms with E-state index in [-0.39, 0.29) is 23.7 Å². The minimum Gasteiger partial charge on any atom is -0.274 e. The molecule has 1 fully saturated rings. The Morgan fingerprint density at radius 1 is 1.06 bits per heavy atom. The third kappa shape index (κ3) is 1.50. The molecular formula is C14H13NO2. The van der Waals surface area contributed by atoms with E-state index in [0.717, 1.165) is 12.8 Å². The Bertz CT molecular complexity index is 492. The van der Waals surface area contributed by atoms with E-state index < -0.39 is 0 Å². The van der Waals surface area contributed by atoms with Crippen molar-refractivity contribution in [2.45, 2.75) is 12.8 Å². The number of anilines is 1. The van der Waals surface area contributed by atoms with E-state index >= 15 is 0 Å². The highest BCUT2D eigenvalue weighted by molar-refractivity contribution is 6.22. The predicted molar refractivity (Wildman–Crippen MR) is 64.3 cm³/mol. The minimum absolute atomic E-state index is 0.0458. The summed E-state index contributed by atoms with van der Waals surface area (Å²) in [6.45, 7) is 0. The van der Waals surface area contributed by atoms with Gasteiger partial charge in [0.2, 0.25) is 11.8 Å². The lowest BCUT2D eigenvalue weighted by atomic mass is 9.86. The molecule has 0 radical (unpaired) electrons. The van der Waals surface area contributed by atoms with Crippen LogP contribution in [0.15, 0.2) is 42.5 Å². The number of rotatable bonds is 1. The number of fused-ring (bicyclic) bond motifs is 1. The number of hydrogen-bond acceptors (Lipinski definition) is 2. The van der Waals surface area contributed by atoms with Gasteiger partial charge in [-0.2, -0.15) is 0 Å². The number of amides is 2. The van der Waals surface area contributed by atoms with Gasteiger partial charge in [-0.25, -0.2) is 4.90 Å². The number of para-hydroxylation sites is 1. The van der Waals surface area contributed by atoms with Crippen LogP contribution in [0.2, 0.25) is 0 Å². The lowest BCUT2D eigenvalue weighted by molar-refractivity contribution is -0.122. The van der Waals surface area contributed by atoms with Crippen molar-refractivity contribution in [1.82, 2.24) is 0 Å². The van der Waals surface area contributed by atoms with Gasteiger partial charge in [0, 0.05) is 0 Å². The van der Waals surface area contributed by atoms with Crippen molar-refractivity contribution in [3.05, 3.63) is 42.5 Å². The summed E-state index contributed by atoms with van der Waals surface area (Å²) in [6, 6.07) is 9.16. The zero-order valence-electron chi connectivity index (χ0n) is 9.37. The predicted octanol–water partition coefficient (Wildman–Crippen LogP) is 2.14. The molecule has 0 N–H and O–H groups in total. The summed E-state index contributed by atoms with van der Waals surface area (Å²) in [4.78, 5) is 25.8. The van der Waals surface area contributed by atoms with Gasteiger partial charge < -0.3 is 0 Å². The van der Waals surface area contributed by atoms with E-state index in [2.05, 4.69) is 0 Å². The second-order valence-electron chi connectivity index (χ2n) is 4.49. The van der Waals surface area contributed by atoms with Crippen LogP contribution < -0.4 is 4.90 Å². The molecule has 0 spiro atoms. The molecule has 2 atom stereocenters. The van der Waals surface area contributed by atoms with Gasteiger partial charge in [-0.05, 0) is 25.0 Å². The lowest BCUT2D eigenvalue weighted by Gasteiger charge is -2.14. The van der Waals surface area contributed by atoms with E-state index in [4.69, 9.17) is 0 Å². The average molecular weight is 227 g/mol. The number of carbonyl (C=O) groups is 2. The fraction of sp³-hybridized carbons (Fsp3) is 0.286. The van der Waals surface area contributed by atoms with Crippen molar-refractivity contribution in [3.63, 3.8) is 0 Å². The quantitative estimate of drug-likeness (QED) is 0.544. The fourth-order valence-electron chi connectivity index (χ4n) is 2.62.